The normalized spacial score (nSPS) is 23.1. The van der Waals surface area contributed by atoms with Crippen LogP contribution in [0.3, 0.4) is 0 Å². The third-order valence-electron chi connectivity index (χ3n) is 4.84. The molecule has 0 spiro atoms. The number of hydrogen-bond acceptors (Lipinski definition) is 7. The molecule has 0 saturated carbocycles. The Bertz CT molecular complexity index is 1000. The molecule has 3 heterocycles. The van der Waals surface area contributed by atoms with Gasteiger partial charge in [0.2, 0.25) is 0 Å². The third-order valence-corrected chi connectivity index (χ3v) is 4.84. The van der Waals surface area contributed by atoms with E-state index in [1.54, 1.807) is 0 Å². The number of nitriles is 1. The van der Waals surface area contributed by atoms with Crippen molar-refractivity contribution in [3.63, 3.8) is 0 Å². The molecule has 28 heavy (non-hydrogen) atoms. The van der Waals surface area contributed by atoms with Gasteiger partial charge >= 0.3 is 0 Å². The third kappa shape index (κ3) is 3.04. The Hall–Kier alpha value is -3.51. The Morgan fingerprint density at radius 2 is 2.25 bits per heavy atom. The van der Waals surface area contributed by atoms with Crippen LogP contribution in [0, 0.1) is 17.1 Å². The van der Waals surface area contributed by atoms with E-state index in [1.165, 1.54) is 36.5 Å². The van der Waals surface area contributed by atoms with Crippen molar-refractivity contribution in [2.24, 2.45) is 10.7 Å². The van der Waals surface area contributed by atoms with Crippen LogP contribution in [0.5, 0.6) is 0 Å². The van der Waals surface area contributed by atoms with Crippen LogP contribution >= 0.6 is 0 Å². The lowest BCUT2D eigenvalue weighted by atomic mass is 9.83. The first-order chi connectivity index (χ1) is 13.5. The topological polar surface area (TPSA) is 123 Å². The number of carbonyl (C=O) groups excluding carboxylic acids is 1. The monoisotopic (exact) mass is 381 g/mol. The summed E-state index contributed by atoms with van der Waals surface area (Å²) in [6.07, 6.45) is 1.30. The summed E-state index contributed by atoms with van der Waals surface area (Å²) in [6, 6.07) is 9.11. The Labute approximate surface area is 159 Å². The number of nitrogens with zero attached hydrogens (tertiary/aromatic N) is 3. The molecule has 0 bridgehead atoms. The van der Waals surface area contributed by atoms with Crippen LogP contribution in [-0.4, -0.2) is 36.2 Å². The first-order valence-electron chi connectivity index (χ1n) is 8.59. The number of ether oxygens (including phenoxy) is 2. The van der Waals surface area contributed by atoms with Gasteiger partial charge in [-0.15, -0.1) is 0 Å². The summed E-state index contributed by atoms with van der Waals surface area (Å²) in [5, 5.41) is 11.5. The maximum absolute atomic E-state index is 14.7. The molecule has 8 nitrogen and oxygen atoms in total. The minimum Gasteiger partial charge on any atom is -0.463 e. The van der Waals surface area contributed by atoms with E-state index in [4.69, 9.17) is 20.5 Å². The van der Waals surface area contributed by atoms with Crippen molar-refractivity contribution in [3.8, 4) is 6.07 Å². The number of amidine groups is 1. The smallest absolute Gasteiger partial charge is 0.283 e. The molecule has 1 amide bonds. The Kier molecular flexibility index (Phi) is 4.41. The summed E-state index contributed by atoms with van der Waals surface area (Å²) >= 11 is 0. The quantitative estimate of drug-likeness (QED) is 0.834. The van der Waals surface area contributed by atoms with Crippen LogP contribution in [0.4, 0.5) is 10.1 Å². The second kappa shape index (κ2) is 6.90. The number of halogens is 1. The average molecular weight is 381 g/mol. The average Bonchev–Trinajstić information content (AvgIpc) is 3.13. The number of fused-ring (bicyclic) bond motifs is 1. The highest BCUT2D eigenvalue weighted by molar-refractivity contribution is 6.02. The number of rotatable bonds is 3. The van der Waals surface area contributed by atoms with Gasteiger partial charge in [0.05, 0.1) is 12.2 Å². The zero-order valence-corrected chi connectivity index (χ0v) is 14.7. The number of anilines is 1. The molecule has 9 heteroatoms. The number of nitrogens with two attached hydrogens (primary N) is 1. The maximum atomic E-state index is 14.7. The molecule has 2 aliphatic rings. The van der Waals surface area contributed by atoms with Crippen LogP contribution in [0.1, 0.15) is 28.0 Å². The van der Waals surface area contributed by atoms with Crippen molar-refractivity contribution < 1.29 is 18.7 Å². The largest absolute Gasteiger partial charge is 0.463 e. The van der Waals surface area contributed by atoms with Crippen LogP contribution < -0.4 is 11.1 Å². The van der Waals surface area contributed by atoms with Crippen LogP contribution in [0.15, 0.2) is 41.5 Å². The van der Waals surface area contributed by atoms with Gasteiger partial charge in [0, 0.05) is 23.9 Å². The van der Waals surface area contributed by atoms with E-state index in [2.05, 4.69) is 15.3 Å². The number of aromatic nitrogens is 1. The highest BCUT2D eigenvalue weighted by Crippen LogP contribution is 2.43. The van der Waals surface area contributed by atoms with Crippen molar-refractivity contribution in [1.29, 1.82) is 5.26 Å². The molecule has 2 atom stereocenters. The minimum absolute atomic E-state index is 0.0163. The molecule has 4 rings (SSSR count). The van der Waals surface area contributed by atoms with Gasteiger partial charge in [-0.05, 0) is 30.3 Å². The molecule has 1 aromatic carbocycles. The van der Waals surface area contributed by atoms with Crippen molar-refractivity contribution in [1.82, 2.24) is 4.98 Å². The molecule has 2 aliphatic heterocycles. The number of pyridine rings is 1. The van der Waals surface area contributed by atoms with Crippen molar-refractivity contribution in [3.05, 3.63) is 59.2 Å². The van der Waals surface area contributed by atoms with Gasteiger partial charge in [-0.2, -0.15) is 5.26 Å². The molecule has 1 saturated heterocycles. The summed E-state index contributed by atoms with van der Waals surface area (Å²) in [7, 11) is 0. The molecule has 3 N–H and O–H groups in total. The van der Waals surface area contributed by atoms with Crippen LogP contribution in [0.25, 0.3) is 0 Å². The summed E-state index contributed by atoms with van der Waals surface area (Å²) in [6.45, 7) is 0.580. The van der Waals surface area contributed by atoms with E-state index in [1.807, 2.05) is 6.07 Å². The Morgan fingerprint density at radius 1 is 1.39 bits per heavy atom. The van der Waals surface area contributed by atoms with Gasteiger partial charge in [0.1, 0.15) is 35.8 Å². The highest BCUT2D eigenvalue weighted by Gasteiger charge is 2.50. The van der Waals surface area contributed by atoms with Gasteiger partial charge in [-0.3, -0.25) is 4.79 Å². The summed E-state index contributed by atoms with van der Waals surface area (Å²) in [5.41, 5.74) is 5.90. The maximum Gasteiger partial charge on any atom is 0.283 e. The second-order valence-electron chi connectivity index (χ2n) is 6.49. The summed E-state index contributed by atoms with van der Waals surface area (Å²) in [4.78, 5) is 20.7. The van der Waals surface area contributed by atoms with Crippen molar-refractivity contribution in [2.75, 3.05) is 18.5 Å². The van der Waals surface area contributed by atoms with Gasteiger partial charge in [-0.25, -0.2) is 14.4 Å². The molecule has 142 valence electrons. The highest BCUT2D eigenvalue weighted by atomic mass is 19.1. The molecular weight excluding hydrogens is 365 g/mol. The molecule has 0 radical (unpaired) electrons. The first kappa shape index (κ1) is 17.9. The van der Waals surface area contributed by atoms with Crippen molar-refractivity contribution in [2.45, 2.75) is 18.1 Å². The molecular formula is C19H16FN5O3. The van der Waals surface area contributed by atoms with E-state index in [-0.39, 0.29) is 23.9 Å². The van der Waals surface area contributed by atoms with Crippen molar-refractivity contribution >= 4 is 17.6 Å². The van der Waals surface area contributed by atoms with Crippen LogP contribution in [0.2, 0.25) is 0 Å². The minimum atomic E-state index is -0.986. The fraction of sp³-hybridized carbons (Fsp3) is 0.263. The zero-order chi connectivity index (χ0) is 19.7. The first-order valence-corrected chi connectivity index (χ1v) is 8.59. The summed E-state index contributed by atoms with van der Waals surface area (Å²) < 4.78 is 25.6. The van der Waals surface area contributed by atoms with E-state index in [9.17, 15) is 9.18 Å². The summed E-state index contributed by atoms with van der Waals surface area (Å²) in [5.74, 6) is -0.947. The molecule has 2 aromatic rings. The van der Waals surface area contributed by atoms with E-state index in [0.29, 0.717) is 24.3 Å². The zero-order valence-electron chi connectivity index (χ0n) is 14.7. The van der Waals surface area contributed by atoms with E-state index < -0.39 is 23.4 Å². The lowest BCUT2D eigenvalue weighted by Crippen LogP contribution is -2.45. The molecule has 1 fully saturated rings. The van der Waals surface area contributed by atoms with E-state index in [0.717, 1.165) is 0 Å². The predicted molar refractivity (Wildman–Crippen MR) is 96.9 cm³/mol. The molecule has 0 aliphatic carbocycles. The standard InChI is InChI=1S/C19H16FN5O3/c20-14-3-2-12(24-17(26)15-4-1-11(8-21)9-23-15)7-13(14)19-5-6-27-16(19)10-28-18(22)25-19/h1-4,7,9,16H,5-6,10H2,(H2,22,25)(H,24,26). The Balaban J connectivity index is 1.65. The number of aliphatic imine (C=N–C) groups is 1. The second-order valence-corrected chi connectivity index (χ2v) is 6.49. The van der Waals surface area contributed by atoms with Gasteiger partial charge < -0.3 is 20.5 Å². The van der Waals surface area contributed by atoms with Gasteiger partial charge in [0.25, 0.3) is 11.9 Å². The number of benzene rings is 1. The fourth-order valence-corrected chi connectivity index (χ4v) is 3.45. The Morgan fingerprint density at radius 3 is 3.00 bits per heavy atom. The number of nitrogens with one attached hydrogen (secondary N) is 1. The SMILES string of the molecule is N#Cc1ccc(C(=O)Nc2ccc(F)c(C34CCOC3COC(N)=N4)c2)nc1. The van der Waals surface area contributed by atoms with E-state index >= 15 is 0 Å². The molecule has 1 aromatic heterocycles. The lowest BCUT2D eigenvalue weighted by Gasteiger charge is -2.34. The fourth-order valence-electron chi connectivity index (χ4n) is 3.45. The van der Waals surface area contributed by atoms with Gasteiger partial charge in [-0.1, -0.05) is 0 Å². The predicted octanol–water partition coefficient (Wildman–Crippen LogP) is 1.67. The lowest BCUT2D eigenvalue weighted by molar-refractivity contribution is 0.0208. The number of amides is 1. The number of carbonyl (C=O) groups is 1. The number of hydrogen-bond donors (Lipinski definition) is 2. The van der Waals surface area contributed by atoms with Crippen LogP contribution in [-0.2, 0) is 15.0 Å². The molecule has 2 unspecified atom stereocenters. The van der Waals surface area contributed by atoms with Gasteiger partial charge in [0.15, 0.2) is 0 Å².